The molecular formula is C13H10BrCl2N. The Morgan fingerprint density at radius 1 is 1.06 bits per heavy atom. The van der Waals surface area contributed by atoms with Gasteiger partial charge in [-0.1, -0.05) is 45.2 Å². The molecule has 1 atom stereocenters. The number of hydrogen-bond acceptors (Lipinski definition) is 1. The van der Waals surface area contributed by atoms with Crippen LogP contribution in [0.3, 0.4) is 0 Å². The van der Waals surface area contributed by atoms with E-state index in [0.717, 1.165) is 12.0 Å². The predicted octanol–water partition coefficient (Wildman–Crippen LogP) is 5.07. The van der Waals surface area contributed by atoms with Crippen molar-refractivity contribution in [2.45, 2.75) is 11.2 Å². The highest BCUT2D eigenvalue weighted by Crippen LogP contribution is 2.37. The minimum atomic E-state index is 0.103. The number of hydrogen-bond donors (Lipinski definition) is 0. The van der Waals surface area contributed by atoms with Gasteiger partial charge >= 0.3 is 0 Å². The third-order valence-corrected chi connectivity index (χ3v) is 3.92. The van der Waals surface area contributed by atoms with E-state index in [0.29, 0.717) is 10.0 Å². The summed E-state index contributed by atoms with van der Waals surface area (Å²) in [6.07, 6.45) is 4.39. The normalized spacial score (nSPS) is 12.4. The molecule has 0 amide bonds. The van der Waals surface area contributed by atoms with E-state index in [1.54, 1.807) is 12.4 Å². The summed E-state index contributed by atoms with van der Waals surface area (Å²) in [6, 6.07) is 9.52. The number of halogens is 3. The molecule has 2 rings (SSSR count). The Labute approximate surface area is 119 Å². The maximum absolute atomic E-state index is 6.16. The van der Waals surface area contributed by atoms with Crippen LogP contribution in [-0.2, 0) is 6.42 Å². The van der Waals surface area contributed by atoms with Crippen LogP contribution in [0.4, 0.5) is 0 Å². The largest absolute Gasteiger partial charge is 0.265 e. The van der Waals surface area contributed by atoms with Crippen LogP contribution >= 0.6 is 39.1 Å². The number of pyridine rings is 1. The SMILES string of the molecule is Clc1cccc(Cl)c1C(Br)Cc1ccncc1. The topological polar surface area (TPSA) is 12.9 Å². The molecule has 1 heterocycles. The van der Waals surface area contributed by atoms with Gasteiger partial charge in [-0.15, -0.1) is 0 Å². The molecule has 1 unspecified atom stereocenters. The lowest BCUT2D eigenvalue weighted by molar-refractivity contribution is 0.945. The van der Waals surface area contributed by atoms with Crippen LogP contribution in [0, 0.1) is 0 Å². The highest BCUT2D eigenvalue weighted by Gasteiger charge is 2.15. The van der Waals surface area contributed by atoms with Crippen molar-refractivity contribution < 1.29 is 0 Å². The van der Waals surface area contributed by atoms with E-state index in [-0.39, 0.29) is 4.83 Å². The Balaban J connectivity index is 2.23. The van der Waals surface area contributed by atoms with E-state index in [1.807, 2.05) is 30.3 Å². The van der Waals surface area contributed by atoms with Gasteiger partial charge in [0, 0.05) is 32.8 Å². The fourth-order valence-corrected chi connectivity index (χ4v) is 3.43. The number of rotatable bonds is 3. The molecule has 88 valence electrons. The Bertz CT molecular complexity index is 482. The average Bonchev–Trinajstić information content (AvgIpc) is 2.30. The summed E-state index contributed by atoms with van der Waals surface area (Å²) in [5, 5.41) is 1.38. The zero-order chi connectivity index (χ0) is 12.3. The Morgan fingerprint density at radius 3 is 2.24 bits per heavy atom. The van der Waals surface area contributed by atoms with Crippen molar-refractivity contribution in [3.05, 3.63) is 63.9 Å². The average molecular weight is 331 g/mol. The van der Waals surface area contributed by atoms with Crippen LogP contribution in [0.25, 0.3) is 0 Å². The van der Waals surface area contributed by atoms with E-state index in [1.165, 1.54) is 5.56 Å². The van der Waals surface area contributed by atoms with E-state index in [2.05, 4.69) is 20.9 Å². The Kier molecular flexibility index (Phi) is 4.43. The Hall–Kier alpha value is -0.570. The van der Waals surface area contributed by atoms with E-state index < -0.39 is 0 Å². The summed E-state index contributed by atoms with van der Waals surface area (Å²) in [5.41, 5.74) is 2.13. The second-order valence-corrected chi connectivity index (χ2v) is 5.58. The summed E-state index contributed by atoms with van der Waals surface area (Å²) in [4.78, 5) is 4.10. The molecule has 0 radical (unpaired) electrons. The van der Waals surface area contributed by atoms with Crippen molar-refractivity contribution in [3.8, 4) is 0 Å². The Morgan fingerprint density at radius 2 is 1.65 bits per heavy atom. The van der Waals surface area contributed by atoms with Gasteiger partial charge in [0.1, 0.15) is 0 Å². The van der Waals surface area contributed by atoms with Crippen LogP contribution in [-0.4, -0.2) is 4.98 Å². The van der Waals surface area contributed by atoms with Gasteiger partial charge in [0.2, 0.25) is 0 Å². The van der Waals surface area contributed by atoms with Gasteiger partial charge in [-0.3, -0.25) is 4.98 Å². The van der Waals surface area contributed by atoms with Gasteiger partial charge in [0.25, 0.3) is 0 Å². The number of nitrogens with zero attached hydrogens (tertiary/aromatic N) is 1. The fourth-order valence-electron chi connectivity index (χ4n) is 1.64. The lowest BCUT2D eigenvalue weighted by Gasteiger charge is -2.13. The molecular weight excluding hydrogens is 321 g/mol. The minimum Gasteiger partial charge on any atom is -0.265 e. The van der Waals surface area contributed by atoms with Gasteiger partial charge in [0.05, 0.1) is 0 Å². The fraction of sp³-hybridized carbons (Fsp3) is 0.154. The molecule has 0 N–H and O–H groups in total. The molecule has 0 aliphatic rings. The lowest BCUT2D eigenvalue weighted by atomic mass is 10.1. The third-order valence-electron chi connectivity index (χ3n) is 2.48. The van der Waals surface area contributed by atoms with E-state index in [4.69, 9.17) is 23.2 Å². The molecule has 0 saturated heterocycles. The van der Waals surface area contributed by atoms with Gasteiger partial charge in [-0.05, 0) is 36.2 Å². The zero-order valence-electron chi connectivity index (χ0n) is 8.91. The maximum Gasteiger partial charge on any atom is 0.0465 e. The molecule has 0 fully saturated rings. The van der Waals surface area contributed by atoms with Crippen molar-refractivity contribution in [2.75, 3.05) is 0 Å². The van der Waals surface area contributed by atoms with Crippen molar-refractivity contribution in [2.24, 2.45) is 0 Å². The van der Waals surface area contributed by atoms with Crippen LogP contribution < -0.4 is 0 Å². The van der Waals surface area contributed by atoms with Crippen molar-refractivity contribution in [3.63, 3.8) is 0 Å². The van der Waals surface area contributed by atoms with E-state index >= 15 is 0 Å². The van der Waals surface area contributed by atoms with Crippen LogP contribution in [0.15, 0.2) is 42.7 Å². The van der Waals surface area contributed by atoms with Crippen molar-refractivity contribution >= 4 is 39.1 Å². The van der Waals surface area contributed by atoms with Crippen LogP contribution in [0.1, 0.15) is 16.0 Å². The third kappa shape index (κ3) is 3.21. The number of aromatic nitrogens is 1. The quantitative estimate of drug-likeness (QED) is 0.716. The molecule has 2 aromatic rings. The van der Waals surface area contributed by atoms with Gasteiger partial charge in [0.15, 0.2) is 0 Å². The molecule has 0 bridgehead atoms. The summed E-state index contributed by atoms with van der Waals surface area (Å²) in [6.45, 7) is 0. The first-order chi connectivity index (χ1) is 8.18. The zero-order valence-corrected chi connectivity index (χ0v) is 12.0. The molecule has 0 aliphatic carbocycles. The summed E-state index contributed by atoms with van der Waals surface area (Å²) in [5.74, 6) is 0. The first kappa shape index (κ1) is 12.9. The molecule has 1 aromatic carbocycles. The molecule has 17 heavy (non-hydrogen) atoms. The van der Waals surface area contributed by atoms with E-state index in [9.17, 15) is 0 Å². The summed E-state index contributed by atoms with van der Waals surface area (Å²) >= 11 is 16.0. The summed E-state index contributed by atoms with van der Waals surface area (Å²) < 4.78 is 0. The highest BCUT2D eigenvalue weighted by molar-refractivity contribution is 9.09. The molecule has 0 aliphatic heterocycles. The second-order valence-electron chi connectivity index (χ2n) is 3.66. The standard InChI is InChI=1S/C13H10BrCl2N/c14-10(8-9-4-6-17-7-5-9)13-11(15)2-1-3-12(13)16/h1-7,10H,8H2. The van der Waals surface area contributed by atoms with Crippen LogP contribution in [0.5, 0.6) is 0 Å². The first-order valence-electron chi connectivity index (χ1n) is 5.15. The van der Waals surface area contributed by atoms with Crippen LogP contribution in [0.2, 0.25) is 10.0 Å². The second kappa shape index (κ2) is 5.85. The first-order valence-corrected chi connectivity index (χ1v) is 6.82. The lowest BCUT2D eigenvalue weighted by Crippen LogP contribution is -1.97. The minimum absolute atomic E-state index is 0.103. The van der Waals surface area contributed by atoms with Gasteiger partial charge < -0.3 is 0 Å². The van der Waals surface area contributed by atoms with Gasteiger partial charge in [-0.25, -0.2) is 0 Å². The smallest absolute Gasteiger partial charge is 0.0465 e. The maximum atomic E-state index is 6.16. The number of alkyl halides is 1. The molecule has 0 spiro atoms. The predicted molar refractivity (Wildman–Crippen MR) is 76.1 cm³/mol. The molecule has 1 nitrogen and oxygen atoms in total. The molecule has 1 aromatic heterocycles. The van der Waals surface area contributed by atoms with Crippen molar-refractivity contribution in [1.82, 2.24) is 4.98 Å². The monoisotopic (exact) mass is 329 g/mol. The number of benzene rings is 1. The highest BCUT2D eigenvalue weighted by atomic mass is 79.9. The molecule has 4 heteroatoms. The summed E-state index contributed by atoms with van der Waals surface area (Å²) in [7, 11) is 0. The van der Waals surface area contributed by atoms with Crippen molar-refractivity contribution in [1.29, 1.82) is 0 Å². The molecule has 0 saturated carbocycles. The van der Waals surface area contributed by atoms with Gasteiger partial charge in [-0.2, -0.15) is 0 Å².